The van der Waals surface area contributed by atoms with E-state index in [1.165, 1.54) is 11.1 Å². The summed E-state index contributed by atoms with van der Waals surface area (Å²) >= 11 is 0. The van der Waals surface area contributed by atoms with Crippen LogP contribution < -0.4 is 0 Å². The fourth-order valence-corrected chi connectivity index (χ4v) is 2.30. The highest BCUT2D eigenvalue weighted by Crippen LogP contribution is 2.14. The van der Waals surface area contributed by atoms with Crippen LogP contribution in [0.15, 0.2) is 24.3 Å². The van der Waals surface area contributed by atoms with Crippen LogP contribution in [0.2, 0.25) is 0 Å². The lowest BCUT2D eigenvalue weighted by Gasteiger charge is -2.22. The van der Waals surface area contributed by atoms with Crippen LogP contribution in [0.25, 0.3) is 0 Å². The Kier molecular flexibility index (Phi) is 3.79. The number of hydrogen-bond donors (Lipinski definition) is 0. The van der Waals surface area contributed by atoms with Crippen molar-refractivity contribution < 1.29 is 4.79 Å². The van der Waals surface area contributed by atoms with Crippen LogP contribution in [0, 0.1) is 0 Å². The van der Waals surface area contributed by atoms with Gasteiger partial charge >= 0.3 is 0 Å². The molecule has 0 fully saturated rings. The minimum absolute atomic E-state index is 0.179. The van der Waals surface area contributed by atoms with Crippen molar-refractivity contribution in [2.24, 2.45) is 0 Å². The molecule has 1 aliphatic rings. The topological polar surface area (TPSA) is 23.6 Å². The zero-order chi connectivity index (χ0) is 12.3. The first kappa shape index (κ1) is 12.1. The van der Waals surface area contributed by atoms with Gasteiger partial charge in [0.15, 0.2) is 0 Å². The van der Waals surface area contributed by atoms with E-state index in [0.717, 1.165) is 32.6 Å². The quantitative estimate of drug-likeness (QED) is 0.677. The van der Waals surface area contributed by atoms with Crippen molar-refractivity contribution in [1.29, 1.82) is 0 Å². The Balaban J connectivity index is 2.21. The summed E-state index contributed by atoms with van der Waals surface area (Å²) in [6.45, 7) is 5.24. The molecule has 0 bridgehead atoms. The zero-order valence-corrected chi connectivity index (χ0v) is 10.6. The van der Waals surface area contributed by atoms with E-state index in [0.29, 0.717) is 0 Å². The molecule has 1 aromatic rings. The van der Waals surface area contributed by atoms with Gasteiger partial charge in [0.2, 0.25) is 5.91 Å². The maximum Gasteiger partial charge on any atom is 0.219 e. The van der Waals surface area contributed by atoms with Gasteiger partial charge in [-0.15, -0.1) is 0 Å². The van der Waals surface area contributed by atoms with Crippen molar-refractivity contribution in [1.82, 2.24) is 9.80 Å². The van der Waals surface area contributed by atoms with Gasteiger partial charge in [-0.3, -0.25) is 4.79 Å². The number of hydrogen-bond acceptors (Lipinski definition) is 2. The van der Waals surface area contributed by atoms with E-state index < -0.39 is 0 Å². The molecule has 0 spiro atoms. The van der Waals surface area contributed by atoms with Gasteiger partial charge in [-0.05, 0) is 24.6 Å². The molecule has 3 nitrogen and oxygen atoms in total. The van der Waals surface area contributed by atoms with Gasteiger partial charge in [0.1, 0.15) is 0 Å². The van der Waals surface area contributed by atoms with E-state index in [1.807, 2.05) is 4.90 Å². The molecule has 1 amide bonds. The Morgan fingerprint density at radius 3 is 2.53 bits per heavy atom. The van der Waals surface area contributed by atoms with Crippen LogP contribution in [0.4, 0.5) is 0 Å². The second-order valence-corrected chi connectivity index (χ2v) is 4.76. The minimum atomic E-state index is 0.179. The fourth-order valence-electron chi connectivity index (χ4n) is 2.30. The molecule has 0 aromatic heterocycles. The normalized spacial score (nSPS) is 17.9. The second-order valence-electron chi connectivity index (χ2n) is 4.76. The van der Waals surface area contributed by atoms with Crippen LogP contribution in [0.3, 0.4) is 0 Å². The lowest BCUT2D eigenvalue weighted by atomic mass is 10.0. The lowest BCUT2D eigenvalue weighted by molar-refractivity contribution is -0.129. The third-order valence-electron chi connectivity index (χ3n) is 3.41. The van der Waals surface area contributed by atoms with Crippen molar-refractivity contribution in [2.75, 3.05) is 26.7 Å². The standard InChI is InChI=1S/C14H20N2O/c1-12(17)16-8-7-13-5-3-4-6-14(13)11-15(2)9-10-16/h3-6H,7-11H2,1-2H3. The van der Waals surface area contributed by atoms with Gasteiger partial charge in [0, 0.05) is 33.1 Å². The van der Waals surface area contributed by atoms with Gasteiger partial charge in [-0.25, -0.2) is 0 Å². The SMILES string of the molecule is CC(=O)N1CCc2ccccc2CN(C)CC1. The van der Waals surface area contributed by atoms with Crippen molar-refractivity contribution in [3.05, 3.63) is 35.4 Å². The van der Waals surface area contributed by atoms with E-state index >= 15 is 0 Å². The number of benzene rings is 1. The Labute approximate surface area is 103 Å². The fraction of sp³-hybridized carbons (Fsp3) is 0.500. The summed E-state index contributed by atoms with van der Waals surface area (Å²) in [5, 5.41) is 0. The molecule has 0 radical (unpaired) electrons. The molecule has 0 aliphatic carbocycles. The number of amides is 1. The van der Waals surface area contributed by atoms with Crippen molar-refractivity contribution >= 4 is 5.91 Å². The molecule has 92 valence electrons. The molecule has 0 N–H and O–H groups in total. The highest BCUT2D eigenvalue weighted by atomic mass is 16.2. The van der Waals surface area contributed by atoms with Gasteiger partial charge in [-0.1, -0.05) is 24.3 Å². The van der Waals surface area contributed by atoms with E-state index in [1.54, 1.807) is 6.92 Å². The van der Waals surface area contributed by atoms with Gasteiger partial charge in [-0.2, -0.15) is 0 Å². The van der Waals surface area contributed by atoms with Crippen molar-refractivity contribution in [3.8, 4) is 0 Å². The second kappa shape index (κ2) is 5.32. The number of nitrogens with zero attached hydrogens (tertiary/aromatic N) is 2. The number of rotatable bonds is 0. The molecule has 0 atom stereocenters. The largest absolute Gasteiger partial charge is 0.341 e. The maximum absolute atomic E-state index is 11.5. The molecule has 2 rings (SSSR count). The van der Waals surface area contributed by atoms with Crippen LogP contribution >= 0.6 is 0 Å². The summed E-state index contributed by atoms with van der Waals surface area (Å²) in [6.07, 6.45) is 0.962. The monoisotopic (exact) mass is 232 g/mol. The first-order valence-corrected chi connectivity index (χ1v) is 6.17. The third kappa shape index (κ3) is 3.07. The predicted octanol–water partition coefficient (Wildman–Crippen LogP) is 1.52. The van der Waals surface area contributed by atoms with Crippen molar-refractivity contribution in [3.63, 3.8) is 0 Å². The predicted molar refractivity (Wildman–Crippen MR) is 68.7 cm³/mol. The Hall–Kier alpha value is -1.35. The molecule has 1 aliphatic heterocycles. The highest BCUT2D eigenvalue weighted by Gasteiger charge is 2.14. The molecule has 0 saturated heterocycles. The van der Waals surface area contributed by atoms with Crippen LogP contribution in [0.5, 0.6) is 0 Å². The molecule has 0 saturated carbocycles. The molecule has 0 unspecified atom stereocenters. The van der Waals surface area contributed by atoms with Crippen LogP contribution in [-0.2, 0) is 17.8 Å². The Bertz CT molecular complexity index is 403. The van der Waals surface area contributed by atoms with E-state index in [-0.39, 0.29) is 5.91 Å². The molecule has 17 heavy (non-hydrogen) atoms. The molecular weight excluding hydrogens is 212 g/mol. The maximum atomic E-state index is 11.5. The van der Waals surface area contributed by atoms with Crippen molar-refractivity contribution in [2.45, 2.75) is 19.9 Å². The first-order valence-electron chi connectivity index (χ1n) is 6.17. The summed E-state index contributed by atoms with van der Waals surface area (Å²) in [6, 6.07) is 8.53. The van der Waals surface area contributed by atoms with E-state index in [4.69, 9.17) is 0 Å². The molecule has 1 aromatic carbocycles. The van der Waals surface area contributed by atoms with Crippen LogP contribution in [0.1, 0.15) is 18.1 Å². The zero-order valence-electron chi connectivity index (χ0n) is 10.6. The molecule has 1 heterocycles. The third-order valence-corrected chi connectivity index (χ3v) is 3.41. The summed E-state index contributed by atoms with van der Waals surface area (Å²) < 4.78 is 0. The average molecular weight is 232 g/mol. The molecule has 3 heteroatoms. The van der Waals surface area contributed by atoms with Gasteiger partial charge in [0.25, 0.3) is 0 Å². The number of carbonyl (C=O) groups excluding carboxylic acids is 1. The summed E-state index contributed by atoms with van der Waals surface area (Å²) in [4.78, 5) is 15.7. The van der Waals surface area contributed by atoms with E-state index in [2.05, 4.69) is 36.2 Å². The summed E-state index contributed by atoms with van der Waals surface area (Å²) in [5.41, 5.74) is 2.76. The lowest BCUT2D eigenvalue weighted by Crippen LogP contribution is -2.36. The average Bonchev–Trinajstić information content (AvgIpc) is 2.37. The van der Waals surface area contributed by atoms with Gasteiger partial charge in [0.05, 0.1) is 0 Å². The van der Waals surface area contributed by atoms with E-state index in [9.17, 15) is 4.79 Å². The Morgan fingerprint density at radius 1 is 1.12 bits per heavy atom. The Morgan fingerprint density at radius 2 is 1.82 bits per heavy atom. The summed E-state index contributed by atoms with van der Waals surface area (Å²) in [5.74, 6) is 0.179. The number of fused-ring (bicyclic) bond motifs is 1. The highest BCUT2D eigenvalue weighted by molar-refractivity contribution is 5.73. The summed E-state index contributed by atoms with van der Waals surface area (Å²) in [7, 11) is 2.11. The number of carbonyl (C=O) groups is 1. The first-order chi connectivity index (χ1) is 8.16. The molecular formula is C14H20N2O. The van der Waals surface area contributed by atoms with Gasteiger partial charge < -0.3 is 9.80 Å². The van der Waals surface area contributed by atoms with Crippen LogP contribution in [-0.4, -0.2) is 42.4 Å². The number of likely N-dealkylation sites (N-methyl/N-ethyl adjacent to an activating group) is 1. The smallest absolute Gasteiger partial charge is 0.219 e. The minimum Gasteiger partial charge on any atom is -0.341 e.